The zero-order chi connectivity index (χ0) is 17.4. The predicted molar refractivity (Wildman–Crippen MR) is 92.2 cm³/mol. The summed E-state index contributed by atoms with van der Waals surface area (Å²) in [6.45, 7) is 9.73. The van der Waals surface area contributed by atoms with Crippen molar-refractivity contribution in [1.82, 2.24) is 4.90 Å². The van der Waals surface area contributed by atoms with Crippen LogP contribution in [-0.4, -0.2) is 55.6 Å². The number of para-hydroxylation sites is 1. The minimum Gasteiger partial charge on any atom is -0.493 e. The van der Waals surface area contributed by atoms with Gasteiger partial charge in [0.15, 0.2) is 11.5 Å². The van der Waals surface area contributed by atoms with Gasteiger partial charge < -0.3 is 19.3 Å². The van der Waals surface area contributed by atoms with Gasteiger partial charge in [-0.3, -0.25) is 4.90 Å². The third kappa shape index (κ3) is 6.37. The van der Waals surface area contributed by atoms with Gasteiger partial charge in [-0.1, -0.05) is 12.1 Å². The average Bonchev–Trinajstić information content (AvgIpc) is 2.51. The van der Waals surface area contributed by atoms with Crippen LogP contribution in [0.2, 0.25) is 0 Å². The Morgan fingerprint density at radius 1 is 1.09 bits per heavy atom. The van der Waals surface area contributed by atoms with E-state index in [2.05, 4.69) is 18.7 Å². The Kier molecular flexibility index (Phi) is 8.37. The minimum atomic E-state index is -0.517. The fourth-order valence-electron chi connectivity index (χ4n) is 2.38. The fraction of sp³-hybridized carbons (Fsp3) is 0.667. The molecular weight excluding hydrogens is 294 g/mol. The molecule has 0 aromatic heterocycles. The first-order valence-electron chi connectivity index (χ1n) is 8.12. The molecule has 1 rings (SSSR count). The molecule has 0 saturated carbocycles. The third-order valence-corrected chi connectivity index (χ3v) is 3.66. The first-order valence-corrected chi connectivity index (χ1v) is 8.12. The maximum Gasteiger partial charge on any atom is 0.165 e. The maximum absolute atomic E-state index is 10.2. The lowest BCUT2D eigenvalue weighted by molar-refractivity contribution is -0.0137. The molecule has 5 nitrogen and oxygen atoms in total. The van der Waals surface area contributed by atoms with Gasteiger partial charge in [0.05, 0.1) is 33.0 Å². The van der Waals surface area contributed by atoms with Gasteiger partial charge in [-0.15, -0.1) is 0 Å². The molecule has 1 aromatic carbocycles. The molecule has 0 spiro atoms. The van der Waals surface area contributed by atoms with Crippen molar-refractivity contribution in [2.45, 2.75) is 52.5 Å². The van der Waals surface area contributed by atoms with Crippen molar-refractivity contribution in [3.05, 3.63) is 23.8 Å². The second-order valence-electron chi connectivity index (χ2n) is 6.21. The van der Waals surface area contributed by atoms with Crippen LogP contribution in [0.3, 0.4) is 0 Å². The Labute approximate surface area is 140 Å². The molecule has 0 fully saturated rings. The van der Waals surface area contributed by atoms with Crippen LogP contribution in [0, 0.1) is 0 Å². The Bertz CT molecular complexity index is 462. The zero-order valence-electron chi connectivity index (χ0n) is 15.2. The monoisotopic (exact) mass is 325 g/mol. The van der Waals surface area contributed by atoms with Gasteiger partial charge in [-0.05, 0) is 33.8 Å². The Balaban J connectivity index is 2.80. The Morgan fingerprint density at radius 3 is 2.30 bits per heavy atom. The molecule has 1 N–H and O–H groups in total. The summed E-state index contributed by atoms with van der Waals surface area (Å²) in [5.74, 6) is 1.46. The highest BCUT2D eigenvalue weighted by Crippen LogP contribution is 2.31. The van der Waals surface area contributed by atoms with Crippen LogP contribution >= 0.6 is 0 Å². The van der Waals surface area contributed by atoms with E-state index >= 15 is 0 Å². The standard InChI is InChI=1S/C18H31NO4/c1-13(2)19(11-16(20)12-23-14(3)4)10-15-8-7-9-17(21-5)18(15)22-6/h7-9,13-14,16,20H,10-12H2,1-6H3/t16-/m1/s1. The van der Waals surface area contributed by atoms with E-state index in [0.717, 1.165) is 17.1 Å². The molecule has 132 valence electrons. The van der Waals surface area contributed by atoms with Crippen molar-refractivity contribution in [3.8, 4) is 11.5 Å². The molecule has 23 heavy (non-hydrogen) atoms. The van der Waals surface area contributed by atoms with Gasteiger partial charge in [0, 0.05) is 24.7 Å². The van der Waals surface area contributed by atoms with Crippen LogP contribution in [0.1, 0.15) is 33.3 Å². The summed E-state index contributed by atoms with van der Waals surface area (Å²) in [4.78, 5) is 2.20. The van der Waals surface area contributed by atoms with Crippen molar-refractivity contribution >= 4 is 0 Å². The van der Waals surface area contributed by atoms with Gasteiger partial charge in [0.1, 0.15) is 0 Å². The molecule has 1 atom stereocenters. The smallest absolute Gasteiger partial charge is 0.165 e. The summed E-state index contributed by atoms with van der Waals surface area (Å²) in [5.41, 5.74) is 1.04. The number of aliphatic hydroxyl groups excluding tert-OH is 1. The summed E-state index contributed by atoms with van der Waals surface area (Å²) in [5, 5.41) is 10.2. The molecule has 0 aliphatic rings. The van der Waals surface area contributed by atoms with Gasteiger partial charge in [-0.2, -0.15) is 0 Å². The van der Waals surface area contributed by atoms with E-state index in [1.54, 1.807) is 14.2 Å². The maximum atomic E-state index is 10.2. The van der Waals surface area contributed by atoms with E-state index in [-0.39, 0.29) is 6.10 Å². The SMILES string of the molecule is COc1cccc(CN(C[C@@H](O)COC(C)C)C(C)C)c1OC. The number of benzene rings is 1. The van der Waals surface area contributed by atoms with Crippen molar-refractivity contribution in [2.24, 2.45) is 0 Å². The second-order valence-corrected chi connectivity index (χ2v) is 6.21. The van der Waals surface area contributed by atoms with Crippen molar-refractivity contribution in [1.29, 1.82) is 0 Å². The normalized spacial score (nSPS) is 13.0. The van der Waals surface area contributed by atoms with Crippen LogP contribution in [0.15, 0.2) is 18.2 Å². The first kappa shape index (κ1) is 19.7. The van der Waals surface area contributed by atoms with Gasteiger partial charge in [0.25, 0.3) is 0 Å². The lowest BCUT2D eigenvalue weighted by Gasteiger charge is -2.29. The van der Waals surface area contributed by atoms with Gasteiger partial charge in [-0.25, -0.2) is 0 Å². The largest absolute Gasteiger partial charge is 0.493 e. The molecule has 0 amide bonds. The number of methoxy groups -OCH3 is 2. The van der Waals surface area contributed by atoms with Crippen LogP contribution in [-0.2, 0) is 11.3 Å². The van der Waals surface area contributed by atoms with E-state index < -0.39 is 6.10 Å². The highest BCUT2D eigenvalue weighted by Gasteiger charge is 2.19. The number of hydrogen-bond acceptors (Lipinski definition) is 5. The summed E-state index contributed by atoms with van der Waals surface area (Å²) >= 11 is 0. The number of nitrogens with zero attached hydrogens (tertiary/aromatic N) is 1. The lowest BCUT2D eigenvalue weighted by atomic mass is 10.1. The molecule has 0 aliphatic heterocycles. The van der Waals surface area contributed by atoms with E-state index in [0.29, 0.717) is 25.7 Å². The van der Waals surface area contributed by atoms with Crippen molar-refractivity contribution in [2.75, 3.05) is 27.4 Å². The predicted octanol–water partition coefficient (Wildman–Crippen LogP) is 2.70. The molecule has 0 heterocycles. The van der Waals surface area contributed by atoms with E-state index in [1.165, 1.54) is 0 Å². The van der Waals surface area contributed by atoms with Crippen LogP contribution in [0.25, 0.3) is 0 Å². The summed E-state index contributed by atoms with van der Waals surface area (Å²) < 4.78 is 16.3. The van der Waals surface area contributed by atoms with E-state index in [4.69, 9.17) is 14.2 Å². The summed E-state index contributed by atoms with van der Waals surface area (Å²) in [6.07, 6.45) is -0.396. The third-order valence-electron chi connectivity index (χ3n) is 3.66. The number of hydrogen-bond donors (Lipinski definition) is 1. The van der Waals surface area contributed by atoms with Crippen molar-refractivity contribution in [3.63, 3.8) is 0 Å². The quantitative estimate of drug-likeness (QED) is 0.717. The first-order chi connectivity index (χ1) is 10.9. The number of rotatable bonds is 10. The number of ether oxygens (including phenoxy) is 3. The fourth-order valence-corrected chi connectivity index (χ4v) is 2.38. The molecule has 0 saturated heterocycles. The van der Waals surface area contributed by atoms with Gasteiger partial charge in [0.2, 0.25) is 0 Å². The molecule has 1 aromatic rings. The molecular formula is C18H31NO4. The zero-order valence-corrected chi connectivity index (χ0v) is 15.2. The average molecular weight is 325 g/mol. The van der Waals surface area contributed by atoms with Crippen LogP contribution in [0.5, 0.6) is 11.5 Å². The van der Waals surface area contributed by atoms with Gasteiger partial charge >= 0.3 is 0 Å². The van der Waals surface area contributed by atoms with Crippen LogP contribution < -0.4 is 9.47 Å². The van der Waals surface area contributed by atoms with Crippen molar-refractivity contribution < 1.29 is 19.3 Å². The molecule has 0 bridgehead atoms. The summed E-state index contributed by atoms with van der Waals surface area (Å²) in [7, 11) is 3.28. The number of aliphatic hydroxyl groups is 1. The molecule has 0 unspecified atom stereocenters. The minimum absolute atomic E-state index is 0.121. The molecule has 5 heteroatoms. The summed E-state index contributed by atoms with van der Waals surface area (Å²) in [6, 6.07) is 6.15. The molecule has 0 radical (unpaired) electrons. The second kappa shape index (κ2) is 9.75. The highest BCUT2D eigenvalue weighted by atomic mass is 16.5. The Morgan fingerprint density at radius 2 is 1.78 bits per heavy atom. The topological polar surface area (TPSA) is 51.2 Å². The van der Waals surface area contributed by atoms with E-state index in [1.807, 2.05) is 32.0 Å². The highest BCUT2D eigenvalue weighted by molar-refractivity contribution is 5.46. The van der Waals surface area contributed by atoms with Crippen LogP contribution in [0.4, 0.5) is 0 Å². The molecule has 0 aliphatic carbocycles. The lowest BCUT2D eigenvalue weighted by Crippen LogP contribution is -2.39. The Hall–Kier alpha value is -1.30. The van der Waals surface area contributed by atoms with E-state index in [9.17, 15) is 5.11 Å².